The van der Waals surface area contributed by atoms with E-state index in [9.17, 15) is 0 Å². The standard InChI is InChI=1S/C48H28N2O2/c1-2-12-29(13-3-1)36-28-46-37(27-43(36)50-41-20-10-6-16-33(41)34-17-7-11-21-42(34)50)35-23-25-45-47(48(35)52-46)38-26-30(22-24-44(38)51-45)49-39-18-8-4-14-31(39)32-15-5-9-19-40(32)49/h1-28H. The van der Waals surface area contributed by atoms with Gasteiger partial charge in [0, 0.05) is 49.0 Å². The summed E-state index contributed by atoms with van der Waals surface area (Å²) in [7, 11) is 0. The topological polar surface area (TPSA) is 36.1 Å². The second-order valence-electron chi connectivity index (χ2n) is 13.7. The quantitative estimate of drug-likeness (QED) is 0.188. The molecule has 242 valence electrons. The summed E-state index contributed by atoms with van der Waals surface area (Å²) in [5.74, 6) is 0. The lowest BCUT2D eigenvalue weighted by atomic mass is 10.00. The highest BCUT2D eigenvalue weighted by Gasteiger charge is 2.22. The van der Waals surface area contributed by atoms with E-state index in [0.717, 1.165) is 66.4 Å². The van der Waals surface area contributed by atoms with Crippen LogP contribution in [0.25, 0.3) is 110 Å². The first-order valence-corrected chi connectivity index (χ1v) is 17.7. The molecule has 0 unspecified atom stereocenters. The lowest BCUT2D eigenvalue weighted by Crippen LogP contribution is -1.97. The van der Waals surface area contributed by atoms with Crippen molar-refractivity contribution in [1.29, 1.82) is 0 Å². The molecule has 0 radical (unpaired) electrons. The number of para-hydroxylation sites is 4. The minimum absolute atomic E-state index is 0.812. The van der Waals surface area contributed by atoms with Crippen LogP contribution < -0.4 is 0 Å². The number of rotatable bonds is 3. The summed E-state index contributed by atoms with van der Waals surface area (Å²) in [6, 6.07) is 60.5. The normalized spacial score (nSPS) is 12.2. The molecule has 0 aliphatic rings. The summed E-state index contributed by atoms with van der Waals surface area (Å²) >= 11 is 0. The molecule has 0 atom stereocenters. The van der Waals surface area contributed by atoms with Gasteiger partial charge in [0.05, 0.1) is 33.1 Å². The first-order chi connectivity index (χ1) is 25.8. The molecule has 8 aromatic carbocycles. The van der Waals surface area contributed by atoms with E-state index in [1.807, 2.05) is 0 Å². The molecule has 0 saturated carbocycles. The van der Waals surface area contributed by atoms with Gasteiger partial charge >= 0.3 is 0 Å². The van der Waals surface area contributed by atoms with Crippen LogP contribution >= 0.6 is 0 Å². The Hall–Kier alpha value is -7.04. The van der Waals surface area contributed by atoms with E-state index >= 15 is 0 Å². The molecular formula is C48H28N2O2. The number of benzene rings is 8. The second kappa shape index (κ2) is 10.3. The molecule has 12 aromatic rings. The van der Waals surface area contributed by atoms with Gasteiger partial charge in [0.15, 0.2) is 0 Å². The van der Waals surface area contributed by atoms with Crippen LogP contribution in [-0.2, 0) is 0 Å². The maximum atomic E-state index is 6.94. The lowest BCUT2D eigenvalue weighted by molar-refractivity contribution is 0.663. The smallest absolute Gasteiger partial charge is 0.147 e. The highest BCUT2D eigenvalue weighted by molar-refractivity contribution is 6.23. The summed E-state index contributed by atoms with van der Waals surface area (Å²) in [5, 5.41) is 9.11. The van der Waals surface area contributed by atoms with Crippen LogP contribution in [-0.4, -0.2) is 9.13 Å². The van der Waals surface area contributed by atoms with Crippen LogP contribution in [0, 0.1) is 0 Å². The summed E-state index contributed by atoms with van der Waals surface area (Å²) in [5.41, 5.74) is 12.5. The zero-order valence-electron chi connectivity index (χ0n) is 27.9. The van der Waals surface area contributed by atoms with E-state index in [1.165, 1.54) is 43.6 Å². The number of hydrogen-bond acceptors (Lipinski definition) is 2. The van der Waals surface area contributed by atoms with Crippen molar-refractivity contribution in [3.8, 4) is 22.5 Å². The number of nitrogens with zero attached hydrogens (tertiary/aromatic N) is 2. The monoisotopic (exact) mass is 664 g/mol. The van der Waals surface area contributed by atoms with Gasteiger partial charge in [0.2, 0.25) is 0 Å². The van der Waals surface area contributed by atoms with Crippen LogP contribution in [0.5, 0.6) is 0 Å². The Morgan fingerprint density at radius 2 is 0.904 bits per heavy atom. The molecular weight excluding hydrogens is 637 g/mol. The van der Waals surface area contributed by atoms with Crippen LogP contribution in [0.2, 0.25) is 0 Å². The Bertz CT molecular complexity index is 3300. The van der Waals surface area contributed by atoms with E-state index in [-0.39, 0.29) is 0 Å². The number of fused-ring (bicyclic) bond motifs is 13. The van der Waals surface area contributed by atoms with Crippen molar-refractivity contribution < 1.29 is 8.83 Å². The molecule has 0 aliphatic heterocycles. The first kappa shape index (κ1) is 27.7. The molecule has 4 nitrogen and oxygen atoms in total. The second-order valence-corrected chi connectivity index (χ2v) is 13.7. The van der Waals surface area contributed by atoms with E-state index < -0.39 is 0 Å². The third-order valence-corrected chi connectivity index (χ3v) is 10.9. The van der Waals surface area contributed by atoms with Crippen molar-refractivity contribution in [3.05, 3.63) is 170 Å². The maximum Gasteiger partial charge on any atom is 0.147 e. The molecule has 4 heteroatoms. The van der Waals surface area contributed by atoms with Gasteiger partial charge in [-0.1, -0.05) is 103 Å². The number of hydrogen-bond donors (Lipinski definition) is 0. The zero-order chi connectivity index (χ0) is 33.9. The molecule has 0 amide bonds. The largest absolute Gasteiger partial charge is 0.456 e. The molecule has 0 aliphatic carbocycles. The predicted molar refractivity (Wildman–Crippen MR) is 215 cm³/mol. The van der Waals surface area contributed by atoms with Crippen molar-refractivity contribution in [3.63, 3.8) is 0 Å². The highest BCUT2D eigenvalue weighted by Crippen LogP contribution is 2.44. The molecule has 0 N–H and O–H groups in total. The first-order valence-electron chi connectivity index (χ1n) is 17.7. The minimum atomic E-state index is 0.812. The molecule has 0 fully saturated rings. The Kier molecular flexibility index (Phi) is 5.47. The molecule has 4 aromatic heterocycles. The Labute approximate surface area is 296 Å². The summed E-state index contributed by atoms with van der Waals surface area (Å²) in [6.45, 7) is 0. The maximum absolute atomic E-state index is 6.94. The predicted octanol–water partition coefficient (Wildman–Crippen LogP) is 13.3. The molecule has 0 spiro atoms. The van der Waals surface area contributed by atoms with Crippen LogP contribution in [0.4, 0.5) is 0 Å². The lowest BCUT2D eigenvalue weighted by Gasteiger charge is -2.14. The van der Waals surface area contributed by atoms with Crippen molar-refractivity contribution in [2.45, 2.75) is 0 Å². The van der Waals surface area contributed by atoms with Gasteiger partial charge in [0.25, 0.3) is 0 Å². The fourth-order valence-electron chi connectivity index (χ4n) is 8.67. The number of aromatic nitrogens is 2. The van der Waals surface area contributed by atoms with Crippen molar-refractivity contribution in [2.75, 3.05) is 0 Å². The molecule has 52 heavy (non-hydrogen) atoms. The Morgan fingerprint density at radius 1 is 0.346 bits per heavy atom. The van der Waals surface area contributed by atoms with Gasteiger partial charge in [-0.2, -0.15) is 0 Å². The van der Waals surface area contributed by atoms with E-state index in [0.29, 0.717) is 0 Å². The van der Waals surface area contributed by atoms with Crippen LogP contribution in [0.3, 0.4) is 0 Å². The Balaban J connectivity index is 1.16. The van der Waals surface area contributed by atoms with Gasteiger partial charge < -0.3 is 18.0 Å². The van der Waals surface area contributed by atoms with E-state index in [4.69, 9.17) is 8.83 Å². The van der Waals surface area contributed by atoms with Crippen LogP contribution in [0.1, 0.15) is 0 Å². The van der Waals surface area contributed by atoms with Gasteiger partial charge in [-0.25, -0.2) is 0 Å². The minimum Gasteiger partial charge on any atom is -0.456 e. The highest BCUT2D eigenvalue weighted by atomic mass is 16.3. The fourth-order valence-corrected chi connectivity index (χ4v) is 8.67. The van der Waals surface area contributed by atoms with Gasteiger partial charge in [0.1, 0.15) is 22.3 Å². The summed E-state index contributed by atoms with van der Waals surface area (Å²) in [6.07, 6.45) is 0. The zero-order valence-corrected chi connectivity index (χ0v) is 27.9. The van der Waals surface area contributed by atoms with Crippen molar-refractivity contribution >= 4 is 87.5 Å². The molecule has 12 rings (SSSR count). The van der Waals surface area contributed by atoms with Crippen molar-refractivity contribution in [1.82, 2.24) is 9.13 Å². The average Bonchev–Trinajstić information content (AvgIpc) is 3.95. The van der Waals surface area contributed by atoms with Crippen LogP contribution in [0.15, 0.2) is 179 Å². The molecule has 4 heterocycles. The fraction of sp³-hybridized carbons (Fsp3) is 0. The SMILES string of the molecule is c1ccc(-c2cc3oc4c(ccc5oc6ccc(-n7c8ccccc8c8ccccc87)cc6c54)c3cc2-n2c3ccccc3c3ccccc32)cc1. The van der Waals surface area contributed by atoms with Gasteiger partial charge in [-0.05, 0) is 72.3 Å². The van der Waals surface area contributed by atoms with Gasteiger partial charge in [-0.15, -0.1) is 0 Å². The summed E-state index contributed by atoms with van der Waals surface area (Å²) in [4.78, 5) is 0. The summed E-state index contributed by atoms with van der Waals surface area (Å²) < 4.78 is 18.2. The molecule has 0 bridgehead atoms. The molecule has 0 saturated heterocycles. The number of furan rings is 2. The van der Waals surface area contributed by atoms with Gasteiger partial charge in [-0.3, -0.25) is 0 Å². The third kappa shape index (κ3) is 3.70. The van der Waals surface area contributed by atoms with Crippen molar-refractivity contribution in [2.24, 2.45) is 0 Å². The average molecular weight is 665 g/mol. The Morgan fingerprint density at radius 3 is 1.54 bits per heavy atom. The third-order valence-electron chi connectivity index (χ3n) is 10.9. The van der Waals surface area contributed by atoms with E-state index in [2.05, 4.69) is 179 Å². The van der Waals surface area contributed by atoms with E-state index in [1.54, 1.807) is 0 Å².